The first-order valence-corrected chi connectivity index (χ1v) is 7.26. The summed E-state index contributed by atoms with van der Waals surface area (Å²) < 4.78 is 0. The molecule has 14 heavy (non-hydrogen) atoms. The highest BCUT2D eigenvalue weighted by atomic mass is 32.2. The topological polar surface area (TPSA) is 12.0 Å². The molecule has 2 aliphatic rings. The standard InChI is InChI=1S/C12H23NS/c1-10(11-5-2-3-6-11)13-9-12-7-4-8-14-12/h10-13H,2-9H2,1H3. The minimum atomic E-state index is 0.763. The highest BCUT2D eigenvalue weighted by molar-refractivity contribution is 8.00. The quantitative estimate of drug-likeness (QED) is 0.770. The molecule has 0 aromatic heterocycles. The minimum absolute atomic E-state index is 0.763. The van der Waals surface area contributed by atoms with Crippen molar-refractivity contribution in [3.63, 3.8) is 0 Å². The van der Waals surface area contributed by atoms with Crippen LogP contribution in [0.25, 0.3) is 0 Å². The summed E-state index contributed by atoms with van der Waals surface area (Å²) in [6.45, 7) is 3.64. The maximum atomic E-state index is 3.75. The lowest BCUT2D eigenvalue weighted by Crippen LogP contribution is -2.36. The summed E-state index contributed by atoms with van der Waals surface area (Å²) in [5, 5.41) is 4.66. The monoisotopic (exact) mass is 213 g/mol. The molecule has 0 amide bonds. The van der Waals surface area contributed by atoms with Crippen molar-refractivity contribution < 1.29 is 0 Å². The molecule has 1 aliphatic carbocycles. The largest absolute Gasteiger partial charge is 0.313 e. The van der Waals surface area contributed by atoms with E-state index in [1.165, 1.54) is 50.8 Å². The third kappa shape index (κ3) is 2.90. The van der Waals surface area contributed by atoms with Crippen LogP contribution in [0.5, 0.6) is 0 Å². The molecule has 0 aromatic carbocycles. The Hall–Kier alpha value is 0.310. The Morgan fingerprint density at radius 3 is 2.64 bits per heavy atom. The van der Waals surface area contributed by atoms with Gasteiger partial charge in [0.25, 0.3) is 0 Å². The van der Waals surface area contributed by atoms with E-state index in [1.54, 1.807) is 0 Å². The SMILES string of the molecule is CC(NCC1CCCS1)C1CCCC1. The Bertz CT molecular complexity index is 160. The number of thioether (sulfide) groups is 1. The van der Waals surface area contributed by atoms with Crippen LogP contribution in [0.2, 0.25) is 0 Å². The van der Waals surface area contributed by atoms with E-state index in [0.717, 1.165) is 17.2 Å². The van der Waals surface area contributed by atoms with Gasteiger partial charge in [-0.05, 0) is 44.3 Å². The van der Waals surface area contributed by atoms with E-state index in [2.05, 4.69) is 24.0 Å². The Labute approximate surface area is 92.4 Å². The minimum Gasteiger partial charge on any atom is -0.313 e. The van der Waals surface area contributed by atoms with Gasteiger partial charge in [0, 0.05) is 17.8 Å². The van der Waals surface area contributed by atoms with Gasteiger partial charge in [-0.1, -0.05) is 12.8 Å². The Morgan fingerprint density at radius 2 is 2.00 bits per heavy atom. The van der Waals surface area contributed by atoms with E-state index in [0.29, 0.717) is 0 Å². The summed E-state index contributed by atoms with van der Waals surface area (Å²) in [6.07, 6.45) is 8.74. The molecule has 0 spiro atoms. The van der Waals surface area contributed by atoms with Crippen molar-refractivity contribution in [2.45, 2.75) is 56.7 Å². The Kier molecular flexibility index (Phi) is 4.18. The summed E-state index contributed by atoms with van der Waals surface area (Å²) in [6, 6.07) is 0.763. The van der Waals surface area contributed by atoms with E-state index < -0.39 is 0 Å². The molecule has 0 radical (unpaired) electrons. The Morgan fingerprint density at radius 1 is 1.21 bits per heavy atom. The van der Waals surface area contributed by atoms with Gasteiger partial charge in [0.2, 0.25) is 0 Å². The van der Waals surface area contributed by atoms with Gasteiger partial charge < -0.3 is 5.32 Å². The van der Waals surface area contributed by atoms with E-state index in [-0.39, 0.29) is 0 Å². The van der Waals surface area contributed by atoms with E-state index in [1.807, 2.05) is 0 Å². The average molecular weight is 213 g/mol. The summed E-state index contributed by atoms with van der Waals surface area (Å²) in [5.41, 5.74) is 0. The first-order valence-electron chi connectivity index (χ1n) is 6.21. The lowest BCUT2D eigenvalue weighted by Gasteiger charge is -2.22. The molecule has 0 bridgehead atoms. The molecule has 1 aliphatic heterocycles. The molecule has 1 saturated carbocycles. The van der Waals surface area contributed by atoms with Gasteiger partial charge >= 0.3 is 0 Å². The lowest BCUT2D eigenvalue weighted by atomic mass is 10.00. The van der Waals surface area contributed by atoms with Crippen LogP contribution in [0.1, 0.15) is 45.4 Å². The number of nitrogens with one attached hydrogen (secondary N) is 1. The van der Waals surface area contributed by atoms with Crippen molar-refractivity contribution in [2.24, 2.45) is 5.92 Å². The second-order valence-electron chi connectivity index (χ2n) is 4.88. The van der Waals surface area contributed by atoms with Crippen LogP contribution in [-0.4, -0.2) is 23.6 Å². The number of hydrogen-bond donors (Lipinski definition) is 1. The van der Waals surface area contributed by atoms with E-state index in [4.69, 9.17) is 0 Å². The molecule has 82 valence electrons. The van der Waals surface area contributed by atoms with Gasteiger partial charge in [0.1, 0.15) is 0 Å². The third-order valence-corrected chi connectivity index (χ3v) is 5.20. The van der Waals surface area contributed by atoms with E-state index in [9.17, 15) is 0 Å². The molecule has 2 rings (SSSR count). The fourth-order valence-electron chi connectivity index (χ4n) is 2.75. The van der Waals surface area contributed by atoms with Crippen molar-refractivity contribution >= 4 is 11.8 Å². The second kappa shape index (κ2) is 5.41. The van der Waals surface area contributed by atoms with Crippen molar-refractivity contribution in [2.75, 3.05) is 12.3 Å². The van der Waals surface area contributed by atoms with Gasteiger partial charge in [0.05, 0.1) is 0 Å². The van der Waals surface area contributed by atoms with Crippen molar-refractivity contribution in [3.8, 4) is 0 Å². The highest BCUT2D eigenvalue weighted by Crippen LogP contribution is 2.29. The van der Waals surface area contributed by atoms with Crippen molar-refractivity contribution in [1.29, 1.82) is 0 Å². The van der Waals surface area contributed by atoms with Crippen LogP contribution in [0, 0.1) is 5.92 Å². The summed E-state index contributed by atoms with van der Waals surface area (Å²) in [7, 11) is 0. The Balaban J connectivity index is 1.63. The predicted octanol–water partition coefficient (Wildman–Crippen LogP) is 3.05. The fraction of sp³-hybridized carbons (Fsp3) is 1.00. The van der Waals surface area contributed by atoms with Crippen LogP contribution in [0.4, 0.5) is 0 Å². The van der Waals surface area contributed by atoms with Crippen LogP contribution in [0.3, 0.4) is 0 Å². The fourth-order valence-corrected chi connectivity index (χ4v) is 3.96. The molecular formula is C12H23NS. The number of hydrogen-bond acceptors (Lipinski definition) is 2. The lowest BCUT2D eigenvalue weighted by molar-refractivity contribution is 0.381. The van der Waals surface area contributed by atoms with Gasteiger partial charge in [-0.3, -0.25) is 0 Å². The van der Waals surface area contributed by atoms with Gasteiger partial charge in [-0.2, -0.15) is 11.8 Å². The smallest absolute Gasteiger partial charge is 0.0172 e. The molecule has 2 atom stereocenters. The zero-order chi connectivity index (χ0) is 9.80. The molecule has 1 nitrogen and oxygen atoms in total. The third-order valence-electron chi connectivity index (χ3n) is 3.80. The molecule has 1 heterocycles. The van der Waals surface area contributed by atoms with Crippen LogP contribution in [0.15, 0.2) is 0 Å². The first-order chi connectivity index (χ1) is 6.86. The van der Waals surface area contributed by atoms with Gasteiger partial charge in [-0.15, -0.1) is 0 Å². The first kappa shape index (κ1) is 10.8. The molecule has 2 unspecified atom stereocenters. The predicted molar refractivity (Wildman–Crippen MR) is 64.9 cm³/mol. The molecule has 1 N–H and O–H groups in total. The zero-order valence-electron chi connectivity index (χ0n) is 9.30. The average Bonchev–Trinajstić information content (AvgIpc) is 2.87. The highest BCUT2D eigenvalue weighted by Gasteiger charge is 2.22. The van der Waals surface area contributed by atoms with Crippen LogP contribution in [-0.2, 0) is 0 Å². The van der Waals surface area contributed by atoms with Crippen LogP contribution < -0.4 is 5.32 Å². The molecular weight excluding hydrogens is 190 g/mol. The summed E-state index contributed by atoms with van der Waals surface area (Å²) in [5.74, 6) is 2.37. The molecule has 1 saturated heterocycles. The molecule has 2 fully saturated rings. The van der Waals surface area contributed by atoms with Gasteiger partial charge in [0.15, 0.2) is 0 Å². The normalized spacial score (nSPS) is 31.1. The second-order valence-corrected chi connectivity index (χ2v) is 6.28. The van der Waals surface area contributed by atoms with Gasteiger partial charge in [-0.25, -0.2) is 0 Å². The maximum absolute atomic E-state index is 3.75. The zero-order valence-corrected chi connectivity index (χ0v) is 10.1. The van der Waals surface area contributed by atoms with Crippen molar-refractivity contribution in [1.82, 2.24) is 5.32 Å². The van der Waals surface area contributed by atoms with E-state index >= 15 is 0 Å². The summed E-state index contributed by atoms with van der Waals surface area (Å²) in [4.78, 5) is 0. The molecule has 0 aromatic rings. The maximum Gasteiger partial charge on any atom is 0.0172 e. The number of rotatable bonds is 4. The van der Waals surface area contributed by atoms with Crippen LogP contribution >= 0.6 is 11.8 Å². The van der Waals surface area contributed by atoms with Crippen molar-refractivity contribution in [3.05, 3.63) is 0 Å². The summed E-state index contributed by atoms with van der Waals surface area (Å²) >= 11 is 2.16. The molecule has 2 heteroatoms.